The third kappa shape index (κ3) is 6.80. The molecule has 3 rings (SSSR count). The van der Waals surface area contributed by atoms with Gasteiger partial charge in [0.15, 0.2) is 0 Å². The summed E-state index contributed by atoms with van der Waals surface area (Å²) in [4.78, 5) is 22.6. The fraction of sp³-hybridized carbons (Fsp3) is 0.0588. The van der Waals surface area contributed by atoms with E-state index in [-0.39, 0.29) is 64.9 Å². The van der Waals surface area contributed by atoms with Gasteiger partial charge in [-0.3, -0.25) is 0 Å². The van der Waals surface area contributed by atoms with Crippen molar-refractivity contribution in [1.82, 2.24) is 0 Å². The van der Waals surface area contributed by atoms with Crippen LogP contribution in [0.25, 0.3) is 22.2 Å². The summed E-state index contributed by atoms with van der Waals surface area (Å²) >= 11 is 1.65. The maximum absolute atomic E-state index is 10.8. The predicted octanol–water partition coefficient (Wildman–Crippen LogP) is -2.70. The van der Waals surface area contributed by atoms with Gasteiger partial charge in [0.2, 0.25) is 0 Å². The molecule has 0 atom stereocenters. The molecule has 1 aromatic heterocycles. The van der Waals surface area contributed by atoms with Crippen molar-refractivity contribution in [3.05, 3.63) is 59.0 Å². The third-order valence-electron chi connectivity index (χ3n) is 3.24. The van der Waals surface area contributed by atoms with Crippen molar-refractivity contribution >= 4 is 41.4 Å². The largest absolute Gasteiger partial charge is 1.00 e. The van der Waals surface area contributed by atoms with Crippen LogP contribution in [-0.2, 0) is 4.57 Å². The summed E-state index contributed by atoms with van der Waals surface area (Å²) in [6.45, 7) is 0. The SMILES string of the molecule is COc1cc(C=Cc2cc3ccccc3s2)cc(OP(=O)([O-])[O-])c1.[Na+].[Na+]. The number of ether oxygens (including phenoxy) is 1. The number of methoxy groups -OCH3 is 1. The first kappa shape index (κ1) is 23.9. The van der Waals surface area contributed by atoms with Gasteiger partial charge in [-0.2, -0.15) is 0 Å². The van der Waals surface area contributed by atoms with Gasteiger partial charge in [0.25, 0.3) is 0 Å². The predicted molar refractivity (Wildman–Crippen MR) is 92.0 cm³/mol. The molecule has 3 aromatic rings. The maximum atomic E-state index is 10.8. The first-order chi connectivity index (χ1) is 11.4. The second-order valence-electron chi connectivity index (χ2n) is 5.00. The smallest absolute Gasteiger partial charge is 0.780 e. The summed E-state index contributed by atoms with van der Waals surface area (Å²) in [6.07, 6.45) is 3.72. The molecule has 0 unspecified atom stereocenters. The van der Waals surface area contributed by atoms with E-state index in [1.54, 1.807) is 23.5 Å². The van der Waals surface area contributed by atoms with Gasteiger partial charge in [0, 0.05) is 15.6 Å². The van der Waals surface area contributed by atoms with Crippen molar-refractivity contribution < 1.29 is 82.7 Å². The summed E-state index contributed by atoms with van der Waals surface area (Å²) in [6, 6.07) is 14.7. The van der Waals surface area contributed by atoms with Gasteiger partial charge >= 0.3 is 59.1 Å². The minimum atomic E-state index is -5.11. The van der Waals surface area contributed by atoms with E-state index in [0.717, 1.165) is 10.3 Å². The van der Waals surface area contributed by atoms with Crippen LogP contribution in [0.15, 0.2) is 48.5 Å². The van der Waals surface area contributed by atoms with Crippen molar-refractivity contribution in [1.29, 1.82) is 0 Å². The molecule has 0 bridgehead atoms. The quantitative estimate of drug-likeness (QED) is 0.340. The molecule has 0 spiro atoms. The van der Waals surface area contributed by atoms with Crippen LogP contribution in [-0.4, -0.2) is 7.11 Å². The second-order valence-corrected chi connectivity index (χ2v) is 7.19. The first-order valence-electron chi connectivity index (χ1n) is 7.00. The maximum Gasteiger partial charge on any atom is 1.00 e. The van der Waals surface area contributed by atoms with Gasteiger partial charge in [-0.05, 0) is 41.3 Å². The molecule has 0 aliphatic carbocycles. The Morgan fingerprint density at radius 2 is 1.69 bits per heavy atom. The molecule has 2 aromatic carbocycles. The second kappa shape index (κ2) is 10.4. The van der Waals surface area contributed by atoms with E-state index in [9.17, 15) is 14.4 Å². The van der Waals surface area contributed by atoms with Gasteiger partial charge in [-0.15, -0.1) is 11.3 Å². The van der Waals surface area contributed by atoms with Crippen LogP contribution in [0, 0.1) is 0 Å². The average Bonchev–Trinajstić information content (AvgIpc) is 2.94. The van der Waals surface area contributed by atoms with Gasteiger partial charge in [0.1, 0.15) is 19.3 Å². The minimum absolute atomic E-state index is 0. The summed E-state index contributed by atoms with van der Waals surface area (Å²) in [5.74, 6) is 0.329. The van der Waals surface area contributed by atoms with Crippen molar-refractivity contribution in [3.63, 3.8) is 0 Å². The Morgan fingerprint density at radius 3 is 2.35 bits per heavy atom. The fourth-order valence-corrected chi connectivity index (χ4v) is 3.58. The molecule has 0 saturated carbocycles. The van der Waals surface area contributed by atoms with Crippen molar-refractivity contribution in [2.45, 2.75) is 0 Å². The molecular formula is C17H13Na2O5PS. The Kier molecular flexibility index (Phi) is 9.61. The van der Waals surface area contributed by atoms with Crippen LogP contribution >= 0.6 is 19.2 Å². The van der Waals surface area contributed by atoms with E-state index in [1.807, 2.05) is 24.3 Å². The average molecular weight is 406 g/mol. The van der Waals surface area contributed by atoms with Gasteiger partial charge in [-0.1, -0.05) is 24.3 Å². The van der Waals surface area contributed by atoms with Gasteiger partial charge in [-0.25, -0.2) is 0 Å². The molecule has 5 nitrogen and oxygen atoms in total. The van der Waals surface area contributed by atoms with Crippen LogP contribution < -0.4 is 78.2 Å². The normalized spacial score (nSPS) is 11.0. The van der Waals surface area contributed by atoms with Crippen molar-refractivity contribution in [2.75, 3.05) is 7.11 Å². The number of fused-ring (bicyclic) bond motifs is 1. The number of rotatable bonds is 5. The van der Waals surface area contributed by atoms with E-state index in [0.29, 0.717) is 11.3 Å². The summed E-state index contributed by atoms with van der Waals surface area (Å²) in [5, 5.41) is 1.16. The Balaban J connectivity index is 0.00000169. The number of hydrogen-bond acceptors (Lipinski definition) is 6. The van der Waals surface area contributed by atoms with Crippen LogP contribution in [0.3, 0.4) is 0 Å². The van der Waals surface area contributed by atoms with Gasteiger partial charge in [0.05, 0.1) is 7.11 Å². The zero-order valence-corrected chi connectivity index (χ0v) is 20.4. The first-order valence-corrected chi connectivity index (χ1v) is 9.28. The van der Waals surface area contributed by atoms with Crippen LogP contribution in [0.5, 0.6) is 11.5 Å². The monoisotopic (exact) mass is 406 g/mol. The summed E-state index contributed by atoms with van der Waals surface area (Å²) < 4.78 is 21.5. The zero-order chi connectivity index (χ0) is 17.2. The number of phosphoric acid groups is 1. The van der Waals surface area contributed by atoms with E-state index in [1.165, 1.54) is 23.9 Å². The Labute approximate surface area is 199 Å². The van der Waals surface area contributed by atoms with E-state index < -0.39 is 7.82 Å². The van der Waals surface area contributed by atoms with E-state index >= 15 is 0 Å². The van der Waals surface area contributed by atoms with Gasteiger partial charge < -0.3 is 23.6 Å². The molecule has 0 saturated heterocycles. The molecule has 0 N–H and O–H groups in total. The Hall–Kier alpha value is -0.110. The Bertz CT molecular complexity index is 918. The number of phosphoric ester groups is 1. The van der Waals surface area contributed by atoms with Crippen LogP contribution in [0.1, 0.15) is 10.4 Å². The van der Waals surface area contributed by atoms with Crippen molar-refractivity contribution in [3.8, 4) is 11.5 Å². The molecule has 0 fully saturated rings. The molecule has 1 heterocycles. The zero-order valence-electron chi connectivity index (χ0n) is 14.7. The molecule has 0 aliphatic heterocycles. The number of hydrogen-bond donors (Lipinski definition) is 0. The molecule has 124 valence electrons. The molecule has 9 heteroatoms. The molecule has 26 heavy (non-hydrogen) atoms. The molecule has 0 amide bonds. The standard InChI is InChI=1S/C17H15O5PS.2Na/c1-21-14-8-12(9-15(11-14)22-23(18,19)20)6-7-16-10-13-4-2-3-5-17(13)24-16;;/h2-11H,1H3,(H2,18,19,20);;/q;2*+1/p-2. The molecule has 0 radical (unpaired) electrons. The van der Waals surface area contributed by atoms with E-state index in [2.05, 4.69) is 16.7 Å². The summed E-state index contributed by atoms with van der Waals surface area (Å²) in [5.41, 5.74) is 0.662. The fourth-order valence-electron chi connectivity index (χ4n) is 2.25. The molecule has 0 aliphatic rings. The van der Waals surface area contributed by atoms with E-state index in [4.69, 9.17) is 4.74 Å². The number of benzene rings is 2. The van der Waals surface area contributed by atoms with Crippen molar-refractivity contribution in [2.24, 2.45) is 0 Å². The van der Waals surface area contributed by atoms with Crippen LogP contribution in [0.4, 0.5) is 0 Å². The minimum Gasteiger partial charge on any atom is -0.780 e. The number of thiophene rings is 1. The topological polar surface area (TPSA) is 81.7 Å². The third-order valence-corrected chi connectivity index (χ3v) is 4.76. The van der Waals surface area contributed by atoms with Crippen LogP contribution in [0.2, 0.25) is 0 Å². The Morgan fingerprint density at radius 1 is 1.00 bits per heavy atom. The summed E-state index contributed by atoms with van der Waals surface area (Å²) in [7, 11) is -3.66. The molecular weight excluding hydrogens is 393 g/mol.